The molecule has 5 heteroatoms. The van der Waals surface area contributed by atoms with E-state index in [2.05, 4.69) is 22.2 Å². The van der Waals surface area contributed by atoms with Crippen LogP contribution in [-0.2, 0) is 0 Å². The summed E-state index contributed by atoms with van der Waals surface area (Å²) < 4.78 is 0. The lowest BCUT2D eigenvalue weighted by Crippen LogP contribution is -2.20. The van der Waals surface area contributed by atoms with Gasteiger partial charge in [0.15, 0.2) is 0 Å². The molecule has 14 heavy (non-hydrogen) atoms. The smallest absolute Gasteiger partial charge is 0.223 e. The van der Waals surface area contributed by atoms with Gasteiger partial charge in [-0.25, -0.2) is 9.97 Å². The highest BCUT2D eigenvalue weighted by atomic mass is 32.1. The van der Waals surface area contributed by atoms with Crippen molar-refractivity contribution < 1.29 is 0 Å². The molecule has 0 unspecified atom stereocenters. The fraction of sp³-hybridized carbons (Fsp3) is 0.444. The van der Waals surface area contributed by atoms with E-state index in [0.29, 0.717) is 16.6 Å². The monoisotopic (exact) mass is 208 g/mol. The summed E-state index contributed by atoms with van der Waals surface area (Å²) in [7, 11) is 0. The van der Waals surface area contributed by atoms with Gasteiger partial charge in [-0.15, -0.1) is 0 Å². The predicted octanol–water partition coefficient (Wildman–Crippen LogP) is 1.08. The summed E-state index contributed by atoms with van der Waals surface area (Å²) in [5, 5.41) is 3.25. The number of hydrogen-bond donors (Lipinski definition) is 2. The van der Waals surface area contributed by atoms with Crippen molar-refractivity contribution in [2.45, 2.75) is 25.3 Å². The van der Waals surface area contributed by atoms with Gasteiger partial charge in [-0.1, -0.05) is 12.2 Å². The Balaban J connectivity index is 2.17. The van der Waals surface area contributed by atoms with Crippen molar-refractivity contribution in [2.24, 2.45) is 5.73 Å². The first-order chi connectivity index (χ1) is 6.59. The van der Waals surface area contributed by atoms with Crippen LogP contribution in [0.3, 0.4) is 0 Å². The molecule has 0 spiro atoms. The van der Waals surface area contributed by atoms with Crippen LogP contribution >= 0.6 is 12.2 Å². The zero-order valence-electron chi connectivity index (χ0n) is 7.95. The molecule has 0 bridgehead atoms. The Labute approximate surface area is 87.9 Å². The number of nitrogens with zero attached hydrogens (tertiary/aromatic N) is 2. The van der Waals surface area contributed by atoms with E-state index >= 15 is 0 Å². The maximum atomic E-state index is 5.48. The van der Waals surface area contributed by atoms with Gasteiger partial charge in [0.1, 0.15) is 10.7 Å². The number of hydrogen-bond acceptors (Lipinski definition) is 4. The molecule has 74 valence electrons. The molecule has 1 saturated carbocycles. The van der Waals surface area contributed by atoms with Crippen LogP contribution in [0.25, 0.3) is 0 Å². The van der Waals surface area contributed by atoms with Crippen LogP contribution < -0.4 is 11.1 Å². The van der Waals surface area contributed by atoms with E-state index in [4.69, 9.17) is 18.0 Å². The number of thiocarbonyl (C=S) groups is 1. The van der Waals surface area contributed by atoms with Gasteiger partial charge < -0.3 is 11.1 Å². The molecule has 0 aliphatic heterocycles. The molecule has 0 saturated heterocycles. The normalized spacial score (nSPS) is 17.5. The summed E-state index contributed by atoms with van der Waals surface area (Å²) in [6.07, 6.45) is 3.98. The molecule has 1 heterocycles. The third-order valence-electron chi connectivity index (χ3n) is 2.32. The van der Waals surface area contributed by atoms with E-state index < -0.39 is 0 Å². The largest absolute Gasteiger partial charge is 0.388 e. The van der Waals surface area contributed by atoms with E-state index in [9.17, 15) is 0 Å². The van der Waals surface area contributed by atoms with E-state index in [1.54, 1.807) is 12.3 Å². The number of aromatic nitrogens is 2. The molecule has 0 amide bonds. The second kappa shape index (κ2) is 3.16. The Morgan fingerprint density at radius 3 is 2.93 bits per heavy atom. The number of nitrogens with two attached hydrogens (primary N) is 1. The molecular weight excluding hydrogens is 196 g/mol. The highest BCUT2D eigenvalue weighted by Crippen LogP contribution is 2.37. The Morgan fingerprint density at radius 2 is 2.36 bits per heavy atom. The maximum absolute atomic E-state index is 5.48. The van der Waals surface area contributed by atoms with Crippen molar-refractivity contribution in [1.82, 2.24) is 9.97 Å². The lowest BCUT2D eigenvalue weighted by atomic mass is 10.3. The van der Waals surface area contributed by atoms with E-state index in [1.807, 2.05) is 0 Å². The summed E-state index contributed by atoms with van der Waals surface area (Å²) in [4.78, 5) is 8.62. The highest BCUT2D eigenvalue weighted by Gasteiger charge is 2.37. The Kier molecular flexibility index (Phi) is 2.11. The minimum Gasteiger partial charge on any atom is -0.388 e. The topological polar surface area (TPSA) is 63.8 Å². The molecule has 1 aliphatic rings. The lowest BCUT2D eigenvalue weighted by molar-refractivity contribution is 0.809. The van der Waals surface area contributed by atoms with Crippen molar-refractivity contribution >= 4 is 23.2 Å². The van der Waals surface area contributed by atoms with Gasteiger partial charge >= 0.3 is 0 Å². The Hall–Kier alpha value is -1.23. The molecule has 1 fully saturated rings. The summed E-state index contributed by atoms with van der Waals surface area (Å²) in [5.41, 5.74) is 6.26. The van der Waals surface area contributed by atoms with Crippen LogP contribution in [0.4, 0.5) is 5.95 Å². The predicted molar refractivity (Wildman–Crippen MR) is 59.2 cm³/mol. The molecule has 0 atom stereocenters. The molecule has 1 aliphatic carbocycles. The van der Waals surface area contributed by atoms with Crippen molar-refractivity contribution in [3.63, 3.8) is 0 Å². The highest BCUT2D eigenvalue weighted by molar-refractivity contribution is 7.80. The fourth-order valence-electron chi connectivity index (χ4n) is 1.14. The van der Waals surface area contributed by atoms with Crippen LogP contribution in [-0.4, -0.2) is 20.5 Å². The molecule has 4 nitrogen and oxygen atoms in total. The summed E-state index contributed by atoms with van der Waals surface area (Å²) in [6.45, 7) is 2.14. The summed E-state index contributed by atoms with van der Waals surface area (Å²) in [6, 6.07) is 1.71. The maximum Gasteiger partial charge on any atom is 0.223 e. The number of nitrogens with one attached hydrogen (secondary N) is 1. The Morgan fingerprint density at radius 1 is 1.64 bits per heavy atom. The van der Waals surface area contributed by atoms with Crippen LogP contribution in [0.1, 0.15) is 25.5 Å². The van der Waals surface area contributed by atoms with E-state index in [0.717, 1.165) is 12.8 Å². The first-order valence-electron chi connectivity index (χ1n) is 4.50. The van der Waals surface area contributed by atoms with Crippen molar-refractivity contribution in [3.8, 4) is 0 Å². The van der Waals surface area contributed by atoms with Crippen molar-refractivity contribution in [2.75, 3.05) is 5.32 Å². The van der Waals surface area contributed by atoms with Gasteiger partial charge in [0.05, 0.1) is 0 Å². The zero-order chi connectivity index (χ0) is 10.2. The lowest BCUT2D eigenvalue weighted by Gasteiger charge is -2.11. The SMILES string of the molecule is CC1(Nc2nccc(C(N)=S)n2)CC1. The van der Waals surface area contributed by atoms with Crippen LogP contribution in [0.5, 0.6) is 0 Å². The van der Waals surface area contributed by atoms with Gasteiger partial charge in [0, 0.05) is 11.7 Å². The van der Waals surface area contributed by atoms with E-state index in [1.165, 1.54) is 0 Å². The molecular formula is C9H12N4S. The fourth-order valence-corrected chi connectivity index (χ4v) is 1.25. The average Bonchev–Trinajstić information content (AvgIpc) is 2.83. The third-order valence-corrected chi connectivity index (χ3v) is 2.53. The number of rotatable bonds is 3. The minimum atomic E-state index is 0.175. The number of anilines is 1. The van der Waals surface area contributed by atoms with Gasteiger partial charge in [-0.2, -0.15) is 0 Å². The van der Waals surface area contributed by atoms with Crippen LogP contribution in [0, 0.1) is 0 Å². The Bertz CT molecular complexity index is 373. The first kappa shape index (κ1) is 9.33. The second-order valence-corrected chi connectivity index (χ2v) is 4.26. The van der Waals surface area contributed by atoms with Crippen molar-refractivity contribution in [1.29, 1.82) is 0 Å². The third kappa shape index (κ3) is 1.98. The standard InChI is InChI=1S/C9H12N4S/c1-9(3-4-9)13-8-11-5-2-6(12-8)7(10)14/h2,5H,3-4H2,1H3,(H2,10,14)(H,11,12,13). The van der Waals surface area contributed by atoms with Gasteiger partial charge in [0.25, 0.3) is 0 Å². The van der Waals surface area contributed by atoms with Gasteiger partial charge in [-0.05, 0) is 25.8 Å². The zero-order valence-corrected chi connectivity index (χ0v) is 8.77. The van der Waals surface area contributed by atoms with E-state index in [-0.39, 0.29) is 5.54 Å². The molecule has 1 aromatic rings. The van der Waals surface area contributed by atoms with Crippen LogP contribution in [0.2, 0.25) is 0 Å². The summed E-state index contributed by atoms with van der Waals surface area (Å²) in [5.74, 6) is 0.607. The van der Waals surface area contributed by atoms with Crippen LogP contribution in [0.15, 0.2) is 12.3 Å². The quantitative estimate of drug-likeness (QED) is 0.728. The molecule has 3 N–H and O–H groups in total. The van der Waals surface area contributed by atoms with Crippen molar-refractivity contribution in [3.05, 3.63) is 18.0 Å². The second-order valence-electron chi connectivity index (χ2n) is 3.82. The molecule has 2 rings (SSSR count). The molecule has 0 radical (unpaired) electrons. The summed E-state index contributed by atoms with van der Waals surface area (Å²) >= 11 is 4.84. The molecule has 0 aromatic carbocycles. The first-order valence-corrected chi connectivity index (χ1v) is 4.91. The van der Waals surface area contributed by atoms with Gasteiger partial charge in [-0.3, -0.25) is 0 Å². The molecule has 1 aromatic heterocycles. The van der Waals surface area contributed by atoms with Gasteiger partial charge in [0.2, 0.25) is 5.95 Å². The average molecular weight is 208 g/mol. The minimum absolute atomic E-state index is 0.175.